The third kappa shape index (κ3) is 2.84. The fourth-order valence-corrected chi connectivity index (χ4v) is 3.20. The Bertz CT molecular complexity index is 566. The van der Waals surface area contributed by atoms with Crippen LogP contribution in [-0.2, 0) is 4.79 Å². The van der Waals surface area contributed by atoms with Gasteiger partial charge in [0.1, 0.15) is 0 Å². The number of hydrogen-bond donors (Lipinski definition) is 1. The van der Waals surface area contributed by atoms with Gasteiger partial charge in [-0.1, -0.05) is 6.92 Å². The molecule has 1 saturated carbocycles. The summed E-state index contributed by atoms with van der Waals surface area (Å²) >= 11 is 0. The van der Waals surface area contributed by atoms with Gasteiger partial charge in [-0.25, -0.2) is 13.2 Å². The van der Waals surface area contributed by atoms with Gasteiger partial charge in [-0.05, 0) is 43.5 Å². The zero-order chi connectivity index (χ0) is 15.9. The van der Waals surface area contributed by atoms with Crippen molar-refractivity contribution in [2.24, 2.45) is 5.92 Å². The highest BCUT2D eigenvalue weighted by molar-refractivity contribution is 5.81. The van der Waals surface area contributed by atoms with Crippen molar-refractivity contribution in [3.05, 3.63) is 35.1 Å². The van der Waals surface area contributed by atoms with E-state index in [1.807, 2.05) is 11.8 Å². The van der Waals surface area contributed by atoms with Crippen LogP contribution < -0.4 is 5.32 Å². The molecule has 2 fully saturated rings. The molecule has 0 unspecified atom stereocenters. The number of carbonyl (C=O) groups excluding carboxylic acids is 1. The predicted molar refractivity (Wildman–Crippen MR) is 75.6 cm³/mol. The van der Waals surface area contributed by atoms with Crippen LogP contribution in [0, 0.1) is 23.4 Å². The maximum absolute atomic E-state index is 13.5. The van der Waals surface area contributed by atoms with Crippen molar-refractivity contribution in [1.29, 1.82) is 0 Å². The molecule has 3 rings (SSSR count). The van der Waals surface area contributed by atoms with Crippen molar-refractivity contribution in [1.82, 2.24) is 10.2 Å². The van der Waals surface area contributed by atoms with Crippen molar-refractivity contribution in [3.8, 4) is 0 Å². The quantitative estimate of drug-likeness (QED) is 0.867. The molecule has 2 aliphatic rings. The van der Waals surface area contributed by atoms with Crippen LogP contribution in [0.25, 0.3) is 0 Å². The van der Waals surface area contributed by atoms with E-state index in [9.17, 15) is 18.0 Å². The fourth-order valence-electron chi connectivity index (χ4n) is 3.20. The predicted octanol–water partition coefficient (Wildman–Crippen LogP) is 2.77. The van der Waals surface area contributed by atoms with Crippen LogP contribution in [0.15, 0.2) is 12.1 Å². The van der Waals surface area contributed by atoms with Gasteiger partial charge in [0.15, 0.2) is 17.5 Å². The third-order valence-corrected chi connectivity index (χ3v) is 4.53. The molecular weight excluding hydrogens is 293 g/mol. The minimum absolute atomic E-state index is 0.0102. The molecule has 1 heterocycles. The molecule has 0 spiro atoms. The number of hydrogen-bond acceptors (Lipinski definition) is 2. The number of benzene rings is 1. The van der Waals surface area contributed by atoms with E-state index in [-0.39, 0.29) is 23.9 Å². The second kappa shape index (κ2) is 5.91. The van der Waals surface area contributed by atoms with E-state index in [0.717, 1.165) is 37.9 Å². The summed E-state index contributed by atoms with van der Waals surface area (Å²) in [6, 6.07) is 1.55. The molecule has 120 valence electrons. The normalized spacial score (nSPS) is 25.5. The van der Waals surface area contributed by atoms with Gasteiger partial charge in [-0.3, -0.25) is 9.69 Å². The van der Waals surface area contributed by atoms with Gasteiger partial charge < -0.3 is 5.32 Å². The molecule has 1 aromatic rings. The lowest BCUT2D eigenvalue weighted by atomic mass is 9.99. The van der Waals surface area contributed by atoms with Crippen molar-refractivity contribution < 1.29 is 18.0 Å². The first-order valence-electron chi connectivity index (χ1n) is 7.70. The van der Waals surface area contributed by atoms with Crippen LogP contribution in [0.2, 0.25) is 0 Å². The maximum atomic E-state index is 13.5. The van der Waals surface area contributed by atoms with Crippen molar-refractivity contribution in [2.75, 3.05) is 13.1 Å². The monoisotopic (exact) mass is 312 g/mol. The standard InChI is InChI=1S/C16H19F3N2O/c1-2-21-6-5-13(20-16(22)9-3-4-9)15(21)10-7-11(17)14(19)12(18)8-10/h7-9,13,15H,2-6H2,1H3,(H,20,22)/t13-,15+/m0/s1. The van der Waals surface area contributed by atoms with E-state index in [2.05, 4.69) is 5.32 Å². The molecule has 0 radical (unpaired) electrons. The number of nitrogens with zero attached hydrogens (tertiary/aromatic N) is 1. The minimum Gasteiger partial charge on any atom is -0.351 e. The van der Waals surface area contributed by atoms with Crippen LogP contribution in [0.4, 0.5) is 13.2 Å². The van der Waals surface area contributed by atoms with E-state index in [1.54, 1.807) is 0 Å². The molecule has 22 heavy (non-hydrogen) atoms. The molecule has 3 nitrogen and oxygen atoms in total. The molecule has 1 amide bonds. The number of halogens is 3. The zero-order valence-corrected chi connectivity index (χ0v) is 12.4. The van der Waals surface area contributed by atoms with Gasteiger partial charge in [0, 0.05) is 18.5 Å². The van der Waals surface area contributed by atoms with Gasteiger partial charge in [0.2, 0.25) is 5.91 Å². The lowest BCUT2D eigenvalue weighted by Gasteiger charge is -2.28. The van der Waals surface area contributed by atoms with Gasteiger partial charge in [0.25, 0.3) is 0 Å². The molecule has 1 aliphatic carbocycles. The number of nitrogens with one attached hydrogen (secondary N) is 1. The molecule has 1 aromatic carbocycles. The first-order chi connectivity index (χ1) is 10.5. The molecule has 1 N–H and O–H groups in total. The van der Waals surface area contributed by atoms with Crippen LogP contribution in [0.5, 0.6) is 0 Å². The van der Waals surface area contributed by atoms with Gasteiger partial charge in [-0.15, -0.1) is 0 Å². The average molecular weight is 312 g/mol. The van der Waals surface area contributed by atoms with Gasteiger partial charge in [-0.2, -0.15) is 0 Å². The first kappa shape index (κ1) is 15.3. The molecule has 1 aliphatic heterocycles. The third-order valence-electron chi connectivity index (χ3n) is 4.53. The van der Waals surface area contributed by atoms with E-state index in [0.29, 0.717) is 12.1 Å². The van der Waals surface area contributed by atoms with Gasteiger partial charge in [0.05, 0.1) is 6.04 Å². The lowest BCUT2D eigenvalue weighted by molar-refractivity contribution is -0.123. The Morgan fingerprint density at radius 2 is 1.86 bits per heavy atom. The van der Waals surface area contributed by atoms with Gasteiger partial charge >= 0.3 is 0 Å². The highest BCUT2D eigenvalue weighted by atomic mass is 19.2. The number of carbonyl (C=O) groups is 1. The van der Waals surface area contributed by atoms with E-state index >= 15 is 0 Å². The molecule has 6 heteroatoms. The summed E-state index contributed by atoms with van der Waals surface area (Å²) in [6.45, 7) is 3.38. The van der Waals surface area contributed by atoms with Crippen LogP contribution in [0.3, 0.4) is 0 Å². The molecule has 0 bridgehead atoms. The second-order valence-corrected chi connectivity index (χ2v) is 6.05. The Hall–Kier alpha value is -1.56. The summed E-state index contributed by atoms with van der Waals surface area (Å²) in [4.78, 5) is 14.0. The largest absolute Gasteiger partial charge is 0.351 e. The summed E-state index contributed by atoms with van der Waals surface area (Å²) in [6.07, 6.45) is 2.53. The Morgan fingerprint density at radius 1 is 1.23 bits per heavy atom. The Labute approximate surface area is 127 Å². The van der Waals surface area contributed by atoms with Crippen LogP contribution in [-0.4, -0.2) is 29.9 Å². The maximum Gasteiger partial charge on any atom is 0.223 e. The van der Waals surface area contributed by atoms with Crippen LogP contribution >= 0.6 is 0 Å². The highest BCUT2D eigenvalue weighted by Gasteiger charge is 2.39. The Balaban J connectivity index is 1.87. The number of likely N-dealkylation sites (tertiary alicyclic amines) is 1. The van der Waals surface area contributed by atoms with E-state index in [1.165, 1.54) is 0 Å². The molecular formula is C16H19F3N2O. The summed E-state index contributed by atoms with van der Waals surface area (Å²) < 4.78 is 40.2. The van der Waals surface area contributed by atoms with Crippen molar-refractivity contribution in [2.45, 2.75) is 38.3 Å². The molecule has 1 saturated heterocycles. The fraction of sp³-hybridized carbons (Fsp3) is 0.562. The lowest BCUT2D eigenvalue weighted by Crippen LogP contribution is -2.40. The van der Waals surface area contributed by atoms with E-state index in [4.69, 9.17) is 0 Å². The Kier molecular flexibility index (Phi) is 4.12. The minimum atomic E-state index is -1.46. The summed E-state index contributed by atoms with van der Waals surface area (Å²) in [5.41, 5.74) is 0.372. The molecule has 0 aromatic heterocycles. The number of likely N-dealkylation sites (N-methyl/N-ethyl adjacent to an activating group) is 1. The zero-order valence-electron chi connectivity index (χ0n) is 12.4. The smallest absolute Gasteiger partial charge is 0.223 e. The topological polar surface area (TPSA) is 32.3 Å². The summed E-state index contributed by atoms with van der Waals surface area (Å²) in [5, 5.41) is 2.99. The van der Waals surface area contributed by atoms with Crippen LogP contribution in [0.1, 0.15) is 37.8 Å². The SMILES string of the molecule is CCN1CC[C@H](NC(=O)C2CC2)[C@H]1c1cc(F)c(F)c(F)c1. The number of rotatable bonds is 4. The van der Waals surface area contributed by atoms with Crippen molar-refractivity contribution >= 4 is 5.91 Å². The van der Waals surface area contributed by atoms with Crippen molar-refractivity contribution in [3.63, 3.8) is 0 Å². The Morgan fingerprint density at radius 3 is 2.41 bits per heavy atom. The highest BCUT2D eigenvalue weighted by Crippen LogP contribution is 2.35. The summed E-state index contributed by atoms with van der Waals surface area (Å²) in [7, 11) is 0. The second-order valence-electron chi connectivity index (χ2n) is 6.05. The summed E-state index contributed by atoms with van der Waals surface area (Å²) in [5.74, 6) is -3.74. The first-order valence-corrected chi connectivity index (χ1v) is 7.70. The van der Waals surface area contributed by atoms with E-state index < -0.39 is 17.5 Å². The number of amides is 1. The average Bonchev–Trinajstić information content (AvgIpc) is 3.26. The molecule has 2 atom stereocenters.